The van der Waals surface area contributed by atoms with Crippen LogP contribution in [0.2, 0.25) is 0 Å². The van der Waals surface area contributed by atoms with Crippen LogP contribution in [-0.2, 0) is 4.74 Å². The van der Waals surface area contributed by atoms with Crippen LogP contribution in [0.3, 0.4) is 0 Å². The summed E-state index contributed by atoms with van der Waals surface area (Å²) in [5.74, 6) is 0.755. The molecule has 0 bridgehead atoms. The number of hydrogen-bond donors (Lipinski definition) is 1. The summed E-state index contributed by atoms with van der Waals surface area (Å²) >= 11 is 10.9. The van der Waals surface area contributed by atoms with Crippen LogP contribution >= 0.6 is 23.2 Å². The predicted octanol–water partition coefficient (Wildman–Crippen LogP) is 1.51. The molecule has 1 aliphatic rings. The van der Waals surface area contributed by atoms with Crippen molar-refractivity contribution in [1.29, 1.82) is 5.41 Å². The van der Waals surface area contributed by atoms with Gasteiger partial charge in [0.2, 0.25) is 10.6 Å². The number of rotatable bonds is 0. The smallest absolute Gasteiger partial charge is 0.226 e. The molecule has 0 saturated carbocycles. The SMILES string of the molecule is C/C(=N\C(Cl)=N/C(=N)Cl)N1CCOCC1. The summed E-state index contributed by atoms with van der Waals surface area (Å²) in [6.07, 6.45) is 0. The molecular weight excluding hydrogens is 239 g/mol. The largest absolute Gasteiger partial charge is 0.378 e. The molecule has 15 heavy (non-hydrogen) atoms. The fourth-order valence-electron chi connectivity index (χ4n) is 1.20. The molecular formula is C8H12Cl2N4O. The Morgan fingerprint density at radius 2 is 1.87 bits per heavy atom. The Morgan fingerprint density at radius 3 is 2.40 bits per heavy atom. The zero-order chi connectivity index (χ0) is 11.3. The van der Waals surface area contributed by atoms with Crippen molar-refractivity contribution in [2.45, 2.75) is 6.92 Å². The van der Waals surface area contributed by atoms with Crippen molar-refractivity contribution in [3.63, 3.8) is 0 Å². The van der Waals surface area contributed by atoms with Gasteiger partial charge in [-0.3, -0.25) is 5.41 Å². The third kappa shape index (κ3) is 4.59. The van der Waals surface area contributed by atoms with E-state index < -0.39 is 0 Å². The summed E-state index contributed by atoms with van der Waals surface area (Å²) in [5, 5.41) is 6.50. The van der Waals surface area contributed by atoms with Gasteiger partial charge < -0.3 is 9.64 Å². The Kier molecular flexibility index (Phi) is 5.01. The molecule has 1 rings (SSSR count). The van der Waals surface area contributed by atoms with E-state index in [1.54, 1.807) is 0 Å². The normalized spacial score (nSPS) is 19.3. The number of ether oxygens (including phenoxy) is 1. The van der Waals surface area contributed by atoms with Crippen molar-refractivity contribution in [1.82, 2.24) is 4.90 Å². The predicted molar refractivity (Wildman–Crippen MR) is 62.4 cm³/mol. The number of hydrogen-bond acceptors (Lipinski definition) is 2. The second kappa shape index (κ2) is 6.05. The minimum atomic E-state index is -0.376. The van der Waals surface area contributed by atoms with Crippen molar-refractivity contribution in [2.75, 3.05) is 26.3 Å². The van der Waals surface area contributed by atoms with E-state index in [0.717, 1.165) is 18.9 Å². The molecule has 7 heteroatoms. The summed E-state index contributed by atoms with van der Waals surface area (Å²) in [6, 6.07) is 0. The van der Waals surface area contributed by atoms with Crippen LogP contribution in [0.5, 0.6) is 0 Å². The summed E-state index contributed by atoms with van der Waals surface area (Å²) < 4.78 is 5.20. The number of aliphatic imine (C=N–C) groups is 2. The standard InChI is InChI=1S/C8H12Cl2N4O/c1-6(12-8(10)13-7(9)11)14-2-4-15-5-3-14/h11H,2-5H2,1H3/b11-7?,12-6+,13-8-. The molecule has 1 fully saturated rings. The molecule has 1 N–H and O–H groups in total. The van der Waals surface area contributed by atoms with Gasteiger partial charge in [0.25, 0.3) is 0 Å². The van der Waals surface area contributed by atoms with Gasteiger partial charge >= 0.3 is 0 Å². The summed E-state index contributed by atoms with van der Waals surface area (Å²) in [5.41, 5.74) is 0. The molecule has 0 atom stereocenters. The lowest BCUT2D eigenvalue weighted by molar-refractivity contribution is 0.0679. The van der Waals surface area contributed by atoms with Gasteiger partial charge in [-0.2, -0.15) is 4.99 Å². The number of nitrogens with one attached hydrogen (secondary N) is 1. The molecule has 5 nitrogen and oxygen atoms in total. The Hall–Kier alpha value is -0.650. The van der Waals surface area contributed by atoms with Gasteiger partial charge in [0.05, 0.1) is 13.2 Å². The molecule has 0 radical (unpaired) electrons. The van der Waals surface area contributed by atoms with Gasteiger partial charge in [-0.05, 0) is 30.1 Å². The maximum Gasteiger partial charge on any atom is 0.226 e. The maximum absolute atomic E-state index is 6.90. The maximum atomic E-state index is 6.90. The molecule has 0 aromatic carbocycles. The molecule has 0 amide bonds. The highest BCUT2D eigenvalue weighted by Crippen LogP contribution is 2.01. The van der Waals surface area contributed by atoms with Crippen LogP contribution in [0.15, 0.2) is 9.98 Å². The quantitative estimate of drug-likeness (QED) is 0.403. The van der Waals surface area contributed by atoms with Crippen molar-refractivity contribution in [2.24, 2.45) is 9.98 Å². The summed E-state index contributed by atoms with van der Waals surface area (Å²) in [6.45, 7) is 4.79. The van der Waals surface area contributed by atoms with Crippen LogP contribution in [0, 0.1) is 5.41 Å². The molecule has 0 unspecified atom stereocenters. The first kappa shape index (κ1) is 12.4. The number of amidine groups is 3. The zero-order valence-electron chi connectivity index (χ0n) is 8.33. The lowest BCUT2D eigenvalue weighted by Gasteiger charge is -2.27. The third-order valence-electron chi connectivity index (χ3n) is 1.91. The molecule has 0 aromatic heterocycles. The number of nitrogens with zero attached hydrogens (tertiary/aromatic N) is 3. The highest BCUT2D eigenvalue weighted by Gasteiger charge is 2.11. The van der Waals surface area contributed by atoms with E-state index in [-0.39, 0.29) is 10.6 Å². The second-order valence-corrected chi connectivity index (χ2v) is 3.63. The van der Waals surface area contributed by atoms with E-state index in [9.17, 15) is 0 Å². The zero-order valence-corrected chi connectivity index (χ0v) is 9.85. The molecule has 0 spiro atoms. The topological polar surface area (TPSA) is 61.0 Å². The Morgan fingerprint density at radius 1 is 1.27 bits per heavy atom. The fourth-order valence-corrected chi connectivity index (χ4v) is 1.53. The van der Waals surface area contributed by atoms with Crippen LogP contribution in [0.25, 0.3) is 0 Å². The first-order valence-corrected chi connectivity index (χ1v) is 5.21. The van der Waals surface area contributed by atoms with E-state index in [2.05, 4.69) is 9.98 Å². The van der Waals surface area contributed by atoms with Crippen molar-refractivity contribution >= 4 is 39.6 Å². The number of morpholine rings is 1. The molecule has 0 aliphatic carbocycles. The second-order valence-electron chi connectivity index (χ2n) is 2.93. The summed E-state index contributed by atoms with van der Waals surface area (Å²) in [7, 11) is 0. The lowest BCUT2D eigenvalue weighted by atomic mass is 10.4. The van der Waals surface area contributed by atoms with E-state index in [1.165, 1.54) is 0 Å². The first-order chi connectivity index (χ1) is 7.09. The number of halogens is 2. The molecule has 1 aliphatic heterocycles. The van der Waals surface area contributed by atoms with Gasteiger partial charge in [0, 0.05) is 13.1 Å². The fraction of sp³-hybridized carbons (Fsp3) is 0.625. The highest BCUT2D eigenvalue weighted by atomic mass is 35.5. The van der Waals surface area contributed by atoms with E-state index in [1.807, 2.05) is 11.8 Å². The van der Waals surface area contributed by atoms with Crippen LogP contribution in [0.1, 0.15) is 6.92 Å². The molecule has 1 saturated heterocycles. The van der Waals surface area contributed by atoms with Crippen LogP contribution in [-0.4, -0.2) is 47.6 Å². The molecule has 1 heterocycles. The van der Waals surface area contributed by atoms with Crippen LogP contribution < -0.4 is 0 Å². The van der Waals surface area contributed by atoms with Gasteiger partial charge in [-0.15, -0.1) is 0 Å². The average molecular weight is 251 g/mol. The molecule has 84 valence electrons. The Labute approximate surface area is 98.2 Å². The third-order valence-corrected chi connectivity index (χ3v) is 2.17. The van der Waals surface area contributed by atoms with Gasteiger partial charge in [0.1, 0.15) is 5.84 Å². The van der Waals surface area contributed by atoms with Gasteiger partial charge in [0.15, 0.2) is 0 Å². The Balaban J connectivity index is 2.61. The van der Waals surface area contributed by atoms with E-state index >= 15 is 0 Å². The average Bonchev–Trinajstić information content (AvgIpc) is 2.17. The lowest BCUT2D eigenvalue weighted by Crippen LogP contribution is -2.39. The van der Waals surface area contributed by atoms with Crippen molar-refractivity contribution in [3.8, 4) is 0 Å². The van der Waals surface area contributed by atoms with Gasteiger partial charge in [-0.25, -0.2) is 4.99 Å². The van der Waals surface area contributed by atoms with Gasteiger partial charge in [-0.1, -0.05) is 0 Å². The summed E-state index contributed by atoms with van der Waals surface area (Å²) in [4.78, 5) is 9.56. The highest BCUT2D eigenvalue weighted by molar-refractivity contribution is 6.71. The van der Waals surface area contributed by atoms with Crippen LogP contribution in [0.4, 0.5) is 0 Å². The monoisotopic (exact) mass is 250 g/mol. The first-order valence-electron chi connectivity index (χ1n) is 4.46. The van der Waals surface area contributed by atoms with Crippen molar-refractivity contribution in [3.05, 3.63) is 0 Å². The van der Waals surface area contributed by atoms with E-state index in [0.29, 0.717) is 13.2 Å². The molecule has 0 aromatic rings. The van der Waals surface area contributed by atoms with E-state index in [4.69, 9.17) is 33.3 Å². The Bertz CT molecular complexity index is 297. The minimum Gasteiger partial charge on any atom is -0.378 e. The minimum absolute atomic E-state index is 0.0287. The van der Waals surface area contributed by atoms with Crippen molar-refractivity contribution < 1.29 is 4.74 Å².